The average Bonchev–Trinajstić information content (AvgIpc) is 3.65. The summed E-state index contributed by atoms with van der Waals surface area (Å²) in [5.74, 6) is -1.13. The Bertz CT molecular complexity index is 1240. The van der Waals surface area contributed by atoms with Gasteiger partial charge in [0.25, 0.3) is 0 Å². The summed E-state index contributed by atoms with van der Waals surface area (Å²) in [7, 11) is 0. The quantitative estimate of drug-likeness (QED) is 0.443. The Balaban J connectivity index is 0.000000517. The minimum Gasteiger partial charge on any atom is -0.475 e. The van der Waals surface area contributed by atoms with E-state index in [0.717, 1.165) is 43.2 Å². The lowest BCUT2D eigenvalue weighted by Crippen LogP contribution is -2.47. The van der Waals surface area contributed by atoms with Crippen molar-refractivity contribution in [1.29, 1.82) is 0 Å². The Kier molecular flexibility index (Phi) is 10.3. The molecule has 228 valence electrons. The van der Waals surface area contributed by atoms with Gasteiger partial charge in [-0.05, 0) is 73.8 Å². The minimum atomic E-state index is -5.08. The van der Waals surface area contributed by atoms with Crippen LogP contribution < -0.4 is 20.5 Å². The Morgan fingerprint density at radius 2 is 1.79 bits per heavy atom. The highest BCUT2D eigenvalue weighted by Gasteiger charge is 2.38. The van der Waals surface area contributed by atoms with E-state index in [-0.39, 0.29) is 30.9 Å². The SMILES string of the molecule is NC1CCC(CNC(=O)[C@@H]2CCCN2C(=O)CC(c2cccnc2)c2ccc3c(c2)OCO3)CC1.O=C(O)C(F)(F)F. The molecule has 10 nitrogen and oxygen atoms in total. The maximum atomic E-state index is 13.5. The van der Waals surface area contributed by atoms with Crippen molar-refractivity contribution in [2.45, 2.75) is 69.1 Å². The Morgan fingerprint density at radius 3 is 2.45 bits per heavy atom. The molecule has 1 unspecified atom stereocenters. The Hall–Kier alpha value is -3.87. The number of carbonyl (C=O) groups excluding carboxylic acids is 2. The molecule has 3 aliphatic rings. The Labute approximate surface area is 241 Å². The maximum absolute atomic E-state index is 13.5. The number of carboxylic acids is 1. The van der Waals surface area contributed by atoms with Crippen molar-refractivity contribution in [1.82, 2.24) is 15.2 Å². The molecule has 0 spiro atoms. The summed E-state index contributed by atoms with van der Waals surface area (Å²) in [6.07, 6.45) is 4.38. The standard InChI is InChI=1S/C27H34N4O4.C2HF3O2/c28-21-8-5-18(6-9-21)15-30-27(33)23-4-2-12-31(23)26(32)14-22(20-3-1-11-29-16-20)19-7-10-24-25(13-19)35-17-34-24;3-2(4,5)1(6)7/h1,3,7,10-11,13,16,18,21-23H,2,4-6,8-9,12,14-15,17,28H2,(H,30,33);(H,6,7)/t18?,21?,22?,23-;/m0./s1. The zero-order chi connectivity index (χ0) is 30.3. The molecule has 13 heteroatoms. The monoisotopic (exact) mass is 592 g/mol. The van der Waals surface area contributed by atoms with Gasteiger partial charge >= 0.3 is 12.1 Å². The first-order valence-electron chi connectivity index (χ1n) is 13.9. The molecule has 2 aliphatic heterocycles. The van der Waals surface area contributed by atoms with Crippen molar-refractivity contribution < 1.29 is 42.1 Å². The third-order valence-electron chi connectivity index (χ3n) is 7.84. The van der Waals surface area contributed by atoms with Crippen LogP contribution in [0.2, 0.25) is 0 Å². The van der Waals surface area contributed by atoms with Gasteiger partial charge in [-0.2, -0.15) is 13.2 Å². The summed E-state index contributed by atoms with van der Waals surface area (Å²) < 4.78 is 42.8. The lowest BCUT2D eigenvalue weighted by atomic mass is 9.86. The molecule has 1 aliphatic carbocycles. The Morgan fingerprint density at radius 1 is 1.07 bits per heavy atom. The van der Waals surface area contributed by atoms with E-state index in [9.17, 15) is 22.8 Å². The fourth-order valence-corrected chi connectivity index (χ4v) is 5.52. The van der Waals surface area contributed by atoms with Gasteiger partial charge in [-0.15, -0.1) is 0 Å². The summed E-state index contributed by atoms with van der Waals surface area (Å²) >= 11 is 0. The number of nitrogens with zero attached hydrogens (tertiary/aromatic N) is 2. The number of aromatic nitrogens is 1. The smallest absolute Gasteiger partial charge is 0.475 e. The molecule has 2 amide bonds. The van der Waals surface area contributed by atoms with Gasteiger partial charge in [0.15, 0.2) is 11.5 Å². The molecule has 1 saturated carbocycles. The molecule has 3 heterocycles. The molecule has 2 aromatic rings. The van der Waals surface area contributed by atoms with Crippen molar-refractivity contribution in [3.8, 4) is 11.5 Å². The molecular formula is C29H35F3N4O6. The van der Waals surface area contributed by atoms with Crippen LogP contribution in [-0.2, 0) is 14.4 Å². The van der Waals surface area contributed by atoms with Crippen LogP contribution in [0.4, 0.5) is 13.2 Å². The van der Waals surface area contributed by atoms with Gasteiger partial charge in [0.2, 0.25) is 18.6 Å². The molecule has 0 radical (unpaired) electrons. The van der Waals surface area contributed by atoms with Crippen LogP contribution in [0.3, 0.4) is 0 Å². The van der Waals surface area contributed by atoms with Crippen molar-refractivity contribution in [3.05, 3.63) is 53.9 Å². The molecular weight excluding hydrogens is 557 g/mol. The van der Waals surface area contributed by atoms with E-state index in [2.05, 4.69) is 10.3 Å². The zero-order valence-electron chi connectivity index (χ0n) is 23.0. The molecule has 1 aromatic carbocycles. The van der Waals surface area contributed by atoms with Crippen molar-refractivity contribution in [3.63, 3.8) is 0 Å². The molecule has 2 atom stereocenters. The summed E-state index contributed by atoms with van der Waals surface area (Å²) in [6.45, 7) is 1.48. The normalized spacial score (nSPS) is 22.1. The highest BCUT2D eigenvalue weighted by atomic mass is 19.4. The molecule has 42 heavy (non-hydrogen) atoms. The first-order valence-corrected chi connectivity index (χ1v) is 13.9. The number of ether oxygens (including phenoxy) is 2. The summed E-state index contributed by atoms with van der Waals surface area (Å²) in [6, 6.07) is 9.56. The van der Waals surface area contributed by atoms with Crippen LogP contribution in [-0.4, -0.2) is 70.9 Å². The molecule has 1 saturated heterocycles. The van der Waals surface area contributed by atoms with Crippen LogP contribution in [0.5, 0.6) is 11.5 Å². The largest absolute Gasteiger partial charge is 0.490 e. The van der Waals surface area contributed by atoms with E-state index in [0.29, 0.717) is 43.0 Å². The van der Waals surface area contributed by atoms with E-state index < -0.39 is 18.2 Å². The fourth-order valence-electron chi connectivity index (χ4n) is 5.52. The van der Waals surface area contributed by atoms with E-state index in [4.69, 9.17) is 25.1 Å². The average molecular weight is 593 g/mol. The highest BCUT2D eigenvalue weighted by Crippen LogP contribution is 2.38. The number of hydrogen-bond donors (Lipinski definition) is 3. The minimum absolute atomic E-state index is 0.0159. The highest BCUT2D eigenvalue weighted by molar-refractivity contribution is 5.88. The van der Waals surface area contributed by atoms with Crippen LogP contribution in [0.15, 0.2) is 42.7 Å². The number of carbonyl (C=O) groups is 3. The van der Waals surface area contributed by atoms with Gasteiger partial charge in [0.05, 0.1) is 0 Å². The number of benzene rings is 1. The fraction of sp³-hybridized carbons (Fsp3) is 0.517. The van der Waals surface area contributed by atoms with Crippen molar-refractivity contribution in [2.24, 2.45) is 11.7 Å². The number of pyridine rings is 1. The number of halogens is 3. The van der Waals surface area contributed by atoms with Crippen LogP contribution in [0, 0.1) is 5.92 Å². The van der Waals surface area contributed by atoms with Gasteiger partial charge < -0.3 is 30.5 Å². The van der Waals surface area contributed by atoms with Gasteiger partial charge in [0.1, 0.15) is 6.04 Å². The van der Waals surface area contributed by atoms with Crippen LogP contribution in [0.25, 0.3) is 0 Å². The van der Waals surface area contributed by atoms with Crippen LogP contribution >= 0.6 is 0 Å². The van der Waals surface area contributed by atoms with Crippen molar-refractivity contribution in [2.75, 3.05) is 19.9 Å². The van der Waals surface area contributed by atoms with E-state index in [1.165, 1.54) is 0 Å². The number of aliphatic carboxylic acids is 1. The second kappa shape index (κ2) is 13.9. The number of carboxylic acid groups (broad SMARTS) is 1. The summed E-state index contributed by atoms with van der Waals surface area (Å²) in [5, 5.41) is 10.2. The van der Waals surface area contributed by atoms with E-state index in [1.807, 2.05) is 30.3 Å². The van der Waals surface area contributed by atoms with Gasteiger partial charge in [-0.3, -0.25) is 14.6 Å². The topological polar surface area (TPSA) is 144 Å². The number of rotatable bonds is 7. The molecule has 4 N–H and O–H groups in total. The number of likely N-dealkylation sites (tertiary alicyclic amines) is 1. The zero-order valence-corrected chi connectivity index (χ0v) is 23.0. The number of nitrogens with one attached hydrogen (secondary N) is 1. The second-order valence-electron chi connectivity index (χ2n) is 10.7. The predicted octanol–water partition coefficient (Wildman–Crippen LogP) is 3.59. The van der Waals surface area contributed by atoms with Crippen molar-refractivity contribution >= 4 is 17.8 Å². The first kappa shape index (κ1) is 31.1. The van der Waals surface area contributed by atoms with Gasteiger partial charge in [-0.1, -0.05) is 12.1 Å². The molecule has 2 fully saturated rings. The summed E-state index contributed by atoms with van der Waals surface area (Å²) in [4.78, 5) is 41.5. The number of amides is 2. The van der Waals surface area contributed by atoms with E-state index >= 15 is 0 Å². The molecule has 0 bridgehead atoms. The number of hydrogen-bond acceptors (Lipinski definition) is 7. The first-order chi connectivity index (χ1) is 20.0. The van der Waals surface area contributed by atoms with Gasteiger partial charge in [0, 0.05) is 43.9 Å². The lowest BCUT2D eigenvalue weighted by Gasteiger charge is -2.29. The number of alkyl halides is 3. The number of fused-ring (bicyclic) bond motifs is 1. The molecule has 1 aromatic heterocycles. The summed E-state index contributed by atoms with van der Waals surface area (Å²) in [5.41, 5.74) is 7.92. The van der Waals surface area contributed by atoms with Crippen LogP contribution in [0.1, 0.15) is 62.0 Å². The van der Waals surface area contributed by atoms with Gasteiger partial charge in [-0.25, -0.2) is 4.79 Å². The predicted molar refractivity (Wildman–Crippen MR) is 145 cm³/mol. The lowest BCUT2D eigenvalue weighted by molar-refractivity contribution is -0.192. The molecule has 5 rings (SSSR count). The van der Waals surface area contributed by atoms with E-state index in [1.54, 1.807) is 17.3 Å². The third kappa shape index (κ3) is 8.11. The number of nitrogens with two attached hydrogens (primary N) is 1. The third-order valence-corrected chi connectivity index (χ3v) is 7.84. The maximum Gasteiger partial charge on any atom is 0.490 e. The second-order valence-corrected chi connectivity index (χ2v) is 10.7.